The Morgan fingerprint density at radius 2 is 2.27 bits per heavy atom. The molecule has 82 valence electrons. The van der Waals surface area contributed by atoms with Gasteiger partial charge in [0.2, 0.25) is 0 Å². The molecule has 0 unspecified atom stereocenters. The normalized spacial score (nSPS) is 27.7. The van der Waals surface area contributed by atoms with Crippen molar-refractivity contribution in [3.63, 3.8) is 0 Å². The SMILES string of the molecule is CCc1ccsc1[C@@H]1[C@@H](C(=O)O)C1(C)C. The quantitative estimate of drug-likeness (QED) is 0.856. The lowest BCUT2D eigenvalue weighted by atomic mass is 10.1. The number of carbonyl (C=O) groups is 1. The Bertz CT molecular complexity index is 392. The van der Waals surface area contributed by atoms with Crippen molar-refractivity contribution in [1.82, 2.24) is 0 Å². The second kappa shape index (κ2) is 3.34. The molecule has 0 radical (unpaired) electrons. The van der Waals surface area contributed by atoms with E-state index in [9.17, 15) is 4.79 Å². The van der Waals surface area contributed by atoms with Crippen molar-refractivity contribution in [2.24, 2.45) is 11.3 Å². The Labute approximate surface area is 93.9 Å². The molecule has 1 aliphatic rings. The number of hydrogen-bond donors (Lipinski definition) is 1. The Balaban J connectivity index is 2.31. The molecule has 0 spiro atoms. The zero-order valence-corrected chi connectivity index (χ0v) is 10.1. The second-order valence-electron chi connectivity index (χ2n) is 4.78. The van der Waals surface area contributed by atoms with Gasteiger partial charge in [-0.25, -0.2) is 0 Å². The lowest BCUT2D eigenvalue weighted by molar-refractivity contribution is -0.139. The summed E-state index contributed by atoms with van der Waals surface area (Å²) >= 11 is 1.70. The lowest BCUT2D eigenvalue weighted by Gasteiger charge is -2.02. The lowest BCUT2D eigenvalue weighted by Crippen LogP contribution is -2.03. The summed E-state index contributed by atoms with van der Waals surface area (Å²) in [5.41, 5.74) is 1.25. The maximum Gasteiger partial charge on any atom is 0.307 e. The third-order valence-corrected chi connectivity index (χ3v) is 4.58. The molecule has 1 fully saturated rings. The van der Waals surface area contributed by atoms with Crippen LogP contribution < -0.4 is 0 Å². The zero-order chi connectivity index (χ0) is 11.2. The average molecular weight is 224 g/mol. The second-order valence-corrected chi connectivity index (χ2v) is 5.73. The number of thiophene rings is 1. The highest BCUT2D eigenvalue weighted by Gasteiger charge is 2.63. The molecule has 0 saturated heterocycles. The van der Waals surface area contributed by atoms with Crippen molar-refractivity contribution < 1.29 is 9.90 Å². The summed E-state index contributed by atoms with van der Waals surface area (Å²) in [6, 6.07) is 2.12. The van der Waals surface area contributed by atoms with Crippen LogP contribution in [0.3, 0.4) is 0 Å². The first-order valence-corrected chi connectivity index (χ1v) is 6.17. The van der Waals surface area contributed by atoms with Gasteiger partial charge in [0.05, 0.1) is 5.92 Å². The van der Waals surface area contributed by atoms with Gasteiger partial charge in [-0.1, -0.05) is 20.8 Å². The van der Waals surface area contributed by atoms with Gasteiger partial charge in [-0.2, -0.15) is 0 Å². The highest BCUT2D eigenvalue weighted by molar-refractivity contribution is 7.10. The van der Waals surface area contributed by atoms with Gasteiger partial charge in [0.25, 0.3) is 0 Å². The fourth-order valence-electron chi connectivity index (χ4n) is 2.50. The van der Waals surface area contributed by atoms with E-state index >= 15 is 0 Å². The number of aryl methyl sites for hydroxylation is 1. The highest BCUT2D eigenvalue weighted by atomic mass is 32.1. The van der Waals surface area contributed by atoms with Crippen molar-refractivity contribution in [1.29, 1.82) is 0 Å². The van der Waals surface area contributed by atoms with Crippen molar-refractivity contribution in [2.75, 3.05) is 0 Å². The van der Waals surface area contributed by atoms with Gasteiger partial charge in [0, 0.05) is 10.8 Å². The van der Waals surface area contributed by atoms with E-state index in [4.69, 9.17) is 5.11 Å². The molecule has 2 atom stereocenters. The van der Waals surface area contributed by atoms with Crippen molar-refractivity contribution in [2.45, 2.75) is 33.1 Å². The van der Waals surface area contributed by atoms with Crippen LogP contribution >= 0.6 is 11.3 Å². The zero-order valence-electron chi connectivity index (χ0n) is 9.28. The molecule has 1 saturated carbocycles. The van der Waals surface area contributed by atoms with Crippen LogP contribution in [0.15, 0.2) is 11.4 Å². The monoisotopic (exact) mass is 224 g/mol. The molecule has 2 rings (SSSR count). The van der Waals surface area contributed by atoms with Crippen LogP contribution in [0, 0.1) is 11.3 Å². The smallest absolute Gasteiger partial charge is 0.307 e. The maximum absolute atomic E-state index is 11.1. The summed E-state index contributed by atoms with van der Waals surface area (Å²) in [6.07, 6.45) is 0.998. The van der Waals surface area contributed by atoms with Crippen LogP contribution in [-0.2, 0) is 11.2 Å². The summed E-state index contributed by atoms with van der Waals surface area (Å²) in [4.78, 5) is 12.4. The largest absolute Gasteiger partial charge is 0.481 e. The molecular formula is C12H16O2S. The van der Waals surface area contributed by atoms with Gasteiger partial charge in [-0.15, -0.1) is 11.3 Å². The number of rotatable bonds is 3. The van der Waals surface area contributed by atoms with E-state index in [1.807, 2.05) is 0 Å². The molecule has 0 amide bonds. The molecule has 1 aromatic rings. The summed E-state index contributed by atoms with van der Waals surface area (Å²) < 4.78 is 0. The summed E-state index contributed by atoms with van der Waals surface area (Å²) in [6.45, 7) is 6.22. The van der Waals surface area contributed by atoms with E-state index in [0.717, 1.165) is 6.42 Å². The van der Waals surface area contributed by atoms with E-state index in [1.165, 1.54) is 10.4 Å². The third kappa shape index (κ3) is 1.49. The molecule has 1 heterocycles. The Morgan fingerprint density at radius 1 is 1.60 bits per heavy atom. The van der Waals surface area contributed by atoms with Gasteiger partial charge in [-0.05, 0) is 28.8 Å². The molecule has 1 aliphatic carbocycles. The molecule has 3 heteroatoms. The van der Waals surface area contributed by atoms with Gasteiger partial charge in [-0.3, -0.25) is 4.79 Å². The molecule has 0 aromatic carbocycles. The Hall–Kier alpha value is -0.830. The van der Waals surface area contributed by atoms with Crippen molar-refractivity contribution in [3.8, 4) is 0 Å². The first kappa shape index (κ1) is 10.7. The summed E-state index contributed by atoms with van der Waals surface area (Å²) in [7, 11) is 0. The highest BCUT2D eigenvalue weighted by Crippen LogP contribution is 2.65. The standard InChI is InChI=1S/C12H16O2S/c1-4-7-5-6-15-10(7)8-9(11(13)14)12(8,2)3/h5-6,8-9H,4H2,1-3H3,(H,13,14)/t8-,9-/m0/s1. The molecule has 0 aliphatic heterocycles. The topological polar surface area (TPSA) is 37.3 Å². The van der Waals surface area contributed by atoms with Crippen molar-refractivity contribution in [3.05, 3.63) is 21.9 Å². The minimum absolute atomic E-state index is 0.0688. The van der Waals surface area contributed by atoms with Gasteiger partial charge < -0.3 is 5.11 Å². The first-order valence-electron chi connectivity index (χ1n) is 5.29. The Kier molecular flexibility index (Phi) is 2.38. The van der Waals surface area contributed by atoms with Gasteiger partial charge >= 0.3 is 5.97 Å². The Morgan fingerprint density at radius 3 is 2.73 bits per heavy atom. The van der Waals surface area contributed by atoms with Crippen LogP contribution in [0.5, 0.6) is 0 Å². The van der Waals surface area contributed by atoms with Crippen molar-refractivity contribution >= 4 is 17.3 Å². The van der Waals surface area contributed by atoms with Crippen LogP contribution in [0.2, 0.25) is 0 Å². The van der Waals surface area contributed by atoms with Crippen LogP contribution in [0.1, 0.15) is 37.1 Å². The fraction of sp³-hybridized carbons (Fsp3) is 0.583. The molecule has 1 aromatic heterocycles. The number of aliphatic carboxylic acids is 1. The van der Waals surface area contributed by atoms with E-state index < -0.39 is 5.97 Å². The molecule has 0 bridgehead atoms. The maximum atomic E-state index is 11.1. The van der Waals surface area contributed by atoms with Crippen LogP contribution in [0.4, 0.5) is 0 Å². The first-order chi connectivity index (χ1) is 7.00. The molecule has 15 heavy (non-hydrogen) atoms. The van der Waals surface area contributed by atoms with Gasteiger partial charge in [0.15, 0.2) is 0 Å². The number of hydrogen-bond acceptors (Lipinski definition) is 2. The van der Waals surface area contributed by atoms with E-state index in [0.29, 0.717) is 0 Å². The third-order valence-electron chi connectivity index (χ3n) is 3.54. The number of carboxylic acid groups (broad SMARTS) is 1. The predicted octanol–water partition coefficient (Wildman–Crippen LogP) is 3.13. The van der Waals surface area contributed by atoms with Gasteiger partial charge in [0.1, 0.15) is 0 Å². The average Bonchev–Trinajstić information content (AvgIpc) is 2.58. The fourth-order valence-corrected chi connectivity index (χ4v) is 3.83. The van der Waals surface area contributed by atoms with Crippen LogP contribution in [0.25, 0.3) is 0 Å². The van der Waals surface area contributed by atoms with Crippen LogP contribution in [-0.4, -0.2) is 11.1 Å². The minimum atomic E-state index is -0.652. The van der Waals surface area contributed by atoms with E-state index in [-0.39, 0.29) is 17.3 Å². The molecule has 2 nitrogen and oxygen atoms in total. The molecular weight excluding hydrogens is 208 g/mol. The minimum Gasteiger partial charge on any atom is -0.481 e. The molecule has 1 N–H and O–H groups in total. The summed E-state index contributed by atoms with van der Waals surface area (Å²) in [5.74, 6) is -0.619. The van der Waals surface area contributed by atoms with E-state index in [1.54, 1.807) is 11.3 Å². The predicted molar refractivity (Wildman–Crippen MR) is 61.3 cm³/mol. The van der Waals surface area contributed by atoms with E-state index in [2.05, 4.69) is 32.2 Å². The number of carboxylic acids is 1. The summed E-state index contributed by atoms with van der Waals surface area (Å²) in [5, 5.41) is 11.2.